The summed E-state index contributed by atoms with van der Waals surface area (Å²) >= 11 is 5.98. The quantitative estimate of drug-likeness (QED) is 0.800. The Morgan fingerprint density at radius 3 is 2.52 bits per heavy atom. The smallest absolute Gasteiger partial charge is 0.227 e. The molecule has 0 aromatic heterocycles. The summed E-state index contributed by atoms with van der Waals surface area (Å²) < 4.78 is 10.6. The van der Waals surface area contributed by atoms with Gasteiger partial charge in [-0.25, -0.2) is 0 Å². The molecule has 1 fully saturated rings. The second-order valence-electron chi connectivity index (χ2n) is 6.16. The summed E-state index contributed by atoms with van der Waals surface area (Å²) in [7, 11) is 3.20. The number of hydrogen-bond acceptors (Lipinski definition) is 3. The van der Waals surface area contributed by atoms with Gasteiger partial charge in [0.2, 0.25) is 5.91 Å². The third-order valence-corrected chi connectivity index (χ3v) is 4.88. The molecule has 1 aliphatic heterocycles. The van der Waals surface area contributed by atoms with E-state index in [1.165, 1.54) is 0 Å². The van der Waals surface area contributed by atoms with Crippen molar-refractivity contribution >= 4 is 17.5 Å². The van der Waals surface area contributed by atoms with Gasteiger partial charge in [-0.05, 0) is 48.2 Å². The van der Waals surface area contributed by atoms with Crippen molar-refractivity contribution in [2.24, 2.45) is 0 Å². The zero-order chi connectivity index (χ0) is 17.8. The van der Waals surface area contributed by atoms with Gasteiger partial charge in [-0.2, -0.15) is 0 Å². The molecule has 0 spiro atoms. The van der Waals surface area contributed by atoms with Gasteiger partial charge in [0, 0.05) is 11.6 Å². The summed E-state index contributed by atoms with van der Waals surface area (Å²) in [4.78, 5) is 14.8. The number of hydrogen-bond donors (Lipinski definition) is 0. The first-order valence-corrected chi connectivity index (χ1v) is 8.76. The van der Waals surface area contributed by atoms with Gasteiger partial charge in [-0.15, -0.1) is 0 Å². The first-order valence-electron chi connectivity index (χ1n) is 8.38. The fourth-order valence-electron chi connectivity index (χ4n) is 3.36. The van der Waals surface area contributed by atoms with E-state index >= 15 is 0 Å². The highest BCUT2D eigenvalue weighted by molar-refractivity contribution is 6.30. The number of methoxy groups -OCH3 is 2. The van der Waals surface area contributed by atoms with Crippen LogP contribution in [-0.4, -0.2) is 31.6 Å². The molecule has 1 atom stereocenters. The van der Waals surface area contributed by atoms with E-state index in [0.717, 1.165) is 30.5 Å². The molecular weight excluding hydrogens is 338 g/mol. The molecule has 3 rings (SSSR count). The van der Waals surface area contributed by atoms with Crippen molar-refractivity contribution in [1.29, 1.82) is 0 Å². The highest BCUT2D eigenvalue weighted by Crippen LogP contribution is 2.33. The predicted octanol–water partition coefficient (Wildman–Crippen LogP) is 4.26. The van der Waals surface area contributed by atoms with E-state index in [1.807, 2.05) is 47.4 Å². The topological polar surface area (TPSA) is 38.8 Å². The summed E-state index contributed by atoms with van der Waals surface area (Å²) in [6.07, 6.45) is 2.36. The Balaban J connectivity index is 1.75. The van der Waals surface area contributed by atoms with Crippen molar-refractivity contribution < 1.29 is 14.3 Å². The molecular formula is C20H22ClNO3. The monoisotopic (exact) mass is 359 g/mol. The zero-order valence-corrected chi connectivity index (χ0v) is 15.3. The van der Waals surface area contributed by atoms with Crippen LogP contribution in [0.25, 0.3) is 0 Å². The van der Waals surface area contributed by atoms with E-state index in [4.69, 9.17) is 21.1 Å². The molecule has 0 aliphatic carbocycles. The summed E-state index contributed by atoms with van der Waals surface area (Å²) in [5.74, 6) is 1.44. The van der Waals surface area contributed by atoms with Crippen LogP contribution in [0.1, 0.15) is 30.0 Å². The van der Waals surface area contributed by atoms with Crippen LogP contribution < -0.4 is 9.47 Å². The van der Waals surface area contributed by atoms with Crippen LogP contribution in [0, 0.1) is 0 Å². The molecule has 5 heteroatoms. The lowest BCUT2D eigenvalue weighted by Crippen LogP contribution is -2.31. The van der Waals surface area contributed by atoms with E-state index in [0.29, 0.717) is 22.9 Å². The highest BCUT2D eigenvalue weighted by Gasteiger charge is 2.29. The molecule has 1 saturated heterocycles. The first kappa shape index (κ1) is 17.6. The van der Waals surface area contributed by atoms with E-state index in [9.17, 15) is 4.79 Å². The van der Waals surface area contributed by atoms with Crippen LogP contribution in [0.2, 0.25) is 5.02 Å². The van der Waals surface area contributed by atoms with Crippen LogP contribution in [-0.2, 0) is 11.2 Å². The van der Waals surface area contributed by atoms with Gasteiger partial charge < -0.3 is 14.4 Å². The molecule has 1 amide bonds. The third-order valence-electron chi connectivity index (χ3n) is 4.63. The van der Waals surface area contributed by atoms with Gasteiger partial charge in [0.15, 0.2) is 11.5 Å². The van der Waals surface area contributed by atoms with E-state index in [2.05, 4.69) is 0 Å². The number of carbonyl (C=O) groups is 1. The molecule has 2 aromatic rings. The van der Waals surface area contributed by atoms with E-state index in [1.54, 1.807) is 14.2 Å². The number of ether oxygens (including phenoxy) is 2. The number of carbonyl (C=O) groups excluding carboxylic acids is 1. The molecule has 132 valence electrons. The lowest BCUT2D eigenvalue weighted by Gasteiger charge is -2.25. The average molecular weight is 360 g/mol. The Bertz CT molecular complexity index is 745. The van der Waals surface area contributed by atoms with Crippen LogP contribution in [0.3, 0.4) is 0 Å². The van der Waals surface area contributed by atoms with Gasteiger partial charge >= 0.3 is 0 Å². The van der Waals surface area contributed by atoms with Crippen molar-refractivity contribution in [3.05, 3.63) is 58.6 Å². The van der Waals surface area contributed by atoms with Gasteiger partial charge in [-0.1, -0.05) is 29.8 Å². The van der Waals surface area contributed by atoms with Crippen molar-refractivity contribution in [1.82, 2.24) is 4.90 Å². The zero-order valence-electron chi connectivity index (χ0n) is 14.5. The number of likely N-dealkylation sites (tertiary alicyclic amines) is 1. The standard InChI is InChI=1S/C20H22ClNO3/c1-24-18-10-5-14(12-19(18)25-2)13-20(23)22-11-3-4-17(22)15-6-8-16(21)9-7-15/h5-10,12,17H,3-4,11,13H2,1-2H3/t17-/m1/s1. The van der Waals surface area contributed by atoms with Gasteiger partial charge in [0.25, 0.3) is 0 Å². The third kappa shape index (κ3) is 3.90. The lowest BCUT2D eigenvalue weighted by molar-refractivity contribution is -0.131. The first-order chi connectivity index (χ1) is 12.1. The second-order valence-corrected chi connectivity index (χ2v) is 6.60. The number of halogens is 1. The Labute approximate surface area is 153 Å². The largest absolute Gasteiger partial charge is 0.493 e. The fourth-order valence-corrected chi connectivity index (χ4v) is 3.49. The van der Waals surface area contributed by atoms with Gasteiger partial charge in [-0.3, -0.25) is 4.79 Å². The van der Waals surface area contributed by atoms with Crippen molar-refractivity contribution in [3.63, 3.8) is 0 Å². The van der Waals surface area contributed by atoms with E-state index in [-0.39, 0.29) is 11.9 Å². The van der Waals surface area contributed by atoms with Gasteiger partial charge in [0.1, 0.15) is 0 Å². The molecule has 25 heavy (non-hydrogen) atoms. The Morgan fingerprint density at radius 2 is 1.84 bits per heavy atom. The maximum absolute atomic E-state index is 12.8. The number of rotatable bonds is 5. The van der Waals surface area contributed by atoms with Crippen molar-refractivity contribution in [2.45, 2.75) is 25.3 Å². The van der Waals surface area contributed by atoms with Crippen LogP contribution >= 0.6 is 11.6 Å². The normalized spacial score (nSPS) is 16.8. The minimum Gasteiger partial charge on any atom is -0.493 e. The lowest BCUT2D eigenvalue weighted by atomic mass is 10.0. The maximum atomic E-state index is 12.8. The Hall–Kier alpha value is -2.20. The SMILES string of the molecule is COc1ccc(CC(=O)N2CCC[C@@H]2c2ccc(Cl)cc2)cc1OC. The Kier molecular flexibility index (Phi) is 5.49. The number of amides is 1. The van der Waals surface area contributed by atoms with E-state index < -0.39 is 0 Å². The summed E-state index contributed by atoms with van der Waals surface area (Å²) in [6, 6.07) is 13.5. The minimum atomic E-state index is 0.129. The van der Waals surface area contributed by atoms with Crippen LogP contribution in [0.5, 0.6) is 11.5 Å². The molecule has 0 radical (unpaired) electrons. The number of nitrogens with zero attached hydrogens (tertiary/aromatic N) is 1. The molecule has 0 N–H and O–H groups in total. The number of benzene rings is 2. The molecule has 2 aromatic carbocycles. The molecule has 0 bridgehead atoms. The Morgan fingerprint density at radius 1 is 1.12 bits per heavy atom. The van der Waals surface area contributed by atoms with Crippen LogP contribution in [0.4, 0.5) is 0 Å². The molecule has 0 saturated carbocycles. The summed E-state index contributed by atoms with van der Waals surface area (Å²) in [5, 5.41) is 0.713. The minimum absolute atomic E-state index is 0.129. The summed E-state index contributed by atoms with van der Waals surface area (Å²) in [5.41, 5.74) is 2.06. The highest BCUT2D eigenvalue weighted by atomic mass is 35.5. The van der Waals surface area contributed by atoms with Gasteiger partial charge in [0.05, 0.1) is 26.7 Å². The van der Waals surface area contributed by atoms with Crippen LogP contribution in [0.15, 0.2) is 42.5 Å². The molecule has 1 heterocycles. The van der Waals surface area contributed by atoms with Crippen molar-refractivity contribution in [3.8, 4) is 11.5 Å². The predicted molar refractivity (Wildman–Crippen MR) is 98.4 cm³/mol. The second kappa shape index (κ2) is 7.79. The molecule has 4 nitrogen and oxygen atoms in total. The molecule has 1 aliphatic rings. The maximum Gasteiger partial charge on any atom is 0.227 e. The average Bonchev–Trinajstić information content (AvgIpc) is 3.12. The summed E-state index contributed by atoms with van der Waals surface area (Å²) in [6.45, 7) is 0.791. The molecule has 0 unspecified atom stereocenters. The van der Waals surface area contributed by atoms with Crippen molar-refractivity contribution in [2.75, 3.05) is 20.8 Å². The fraction of sp³-hybridized carbons (Fsp3) is 0.350.